The maximum atomic E-state index is 13.8. The fraction of sp³-hybridized carbons (Fsp3) is 0.267. The average Bonchev–Trinajstić information content (AvgIpc) is 2.94. The van der Waals surface area contributed by atoms with Crippen molar-refractivity contribution in [2.75, 3.05) is 39.1 Å². The summed E-state index contributed by atoms with van der Waals surface area (Å²) in [6.45, 7) is 4.87. The number of anilines is 1. The van der Waals surface area contributed by atoms with Crippen LogP contribution in [0.1, 0.15) is 36.1 Å². The lowest BCUT2D eigenvalue weighted by atomic mass is 10.2. The number of carbonyl (C=O) groups is 2. The molecule has 10 heteroatoms. The summed E-state index contributed by atoms with van der Waals surface area (Å²) in [5, 5.41) is 3.42. The van der Waals surface area contributed by atoms with Crippen molar-refractivity contribution in [3.05, 3.63) is 99.0 Å². The molecule has 0 saturated carbocycles. The van der Waals surface area contributed by atoms with Crippen molar-refractivity contribution in [2.45, 2.75) is 19.9 Å². The van der Waals surface area contributed by atoms with Gasteiger partial charge in [0.15, 0.2) is 0 Å². The second-order valence-corrected chi connectivity index (χ2v) is 10.4. The molecule has 3 aromatic carbocycles. The van der Waals surface area contributed by atoms with E-state index in [9.17, 15) is 14.4 Å². The second-order valence-electron chi connectivity index (χ2n) is 9.50. The number of nitrogens with one attached hydrogen (secondary N) is 1. The number of ether oxygens (including phenoxy) is 1. The molecule has 208 valence electrons. The number of rotatable bonds is 9. The van der Waals surface area contributed by atoms with Gasteiger partial charge in [-0.3, -0.25) is 9.36 Å². The number of benzene rings is 3. The predicted molar refractivity (Wildman–Crippen MR) is 160 cm³/mol. The zero-order valence-corrected chi connectivity index (χ0v) is 24.5. The van der Waals surface area contributed by atoms with Crippen LogP contribution >= 0.6 is 15.9 Å². The van der Waals surface area contributed by atoms with Crippen LogP contribution in [-0.2, 0) is 4.74 Å². The van der Waals surface area contributed by atoms with Crippen molar-refractivity contribution >= 4 is 44.5 Å². The summed E-state index contributed by atoms with van der Waals surface area (Å²) in [5.41, 5.74) is 1.92. The number of para-hydroxylation sites is 1. The van der Waals surface area contributed by atoms with Gasteiger partial charge in [0.05, 0.1) is 34.8 Å². The molecule has 4 aromatic rings. The first-order valence-corrected chi connectivity index (χ1v) is 13.8. The molecule has 0 radical (unpaired) electrons. The van der Waals surface area contributed by atoms with Gasteiger partial charge in [-0.1, -0.05) is 28.1 Å². The van der Waals surface area contributed by atoms with Gasteiger partial charge in [-0.25, -0.2) is 14.6 Å². The van der Waals surface area contributed by atoms with Gasteiger partial charge in [-0.05, 0) is 88.6 Å². The molecule has 1 atom stereocenters. The summed E-state index contributed by atoms with van der Waals surface area (Å²) < 4.78 is 7.50. The van der Waals surface area contributed by atoms with Crippen molar-refractivity contribution < 1.29 is 14.3 Å². The maximum Gasteiger partial charge on any atom is 0.338 e. The number of amides is 2. The van der Waals surface area contributed by atoms with E-state index in [4.69, 9.17) is 9.72 Å². The Balaban J connectivity index is 1.74. The quantitative estimate of drug-likeness (QED) is 0.254. The van der Waals surface area contributed by atoms with E-state index in [1.165, 1.54) is 0 Å². The molecular weight excluding hydrogens is 574 g/mol. The van der Waals surface area contributed by atoms with E-state index >= 15 is 0 Å². The van der Waals surface area contributed by atoms with Gasteiger partial charge in [0, 0.05) is 23.2 Å². The van der Waals surface area contributed by atoms with E-state index in [1.807, 2.05) is 62.3 Å². The van der Waals surface area contributed by atoms with Gasteiger partial charge < -0.3 is 19.9 Å². The third kappa shape index (κ3) is 6.57. The Morgan fingerprint density at radius 3 is 2.33 bits per heavy atom. The molecule has 0 saturated heterocycles. The molecule has 0 bridgehead atoms. The Morgan fingerprint density at radius 1 is 1.00 bits per heavy atom. The molecule has 1 aromatic heterocycles. The molecule has 0 aliphatic carbocycles. The minimum atomic E-state index is -0.570. The summed E-state index contributed by atoms with van der Waals surface area (Å²) in [5.74, 6) is 0.0208. The molecule has 0 aliphatic rings. The molecule has 9 nitrogen and oxygen atoms in total. The molecular formula is C30H32BrN5O4. The lowest BCUT2D eigenvalue weighted by Gasteiger charge is -2.31. The highest BCUT2D eigenvalue weighted by atomic mass is 79.9. The number of carbonyl (C=O) groups excluding carboxylic acids is 2. The minimum absolute atomic E-state index is 0.211. The number of aromatic nitrogens is 2. The molecule has 1 heterocycles. The number of hydrogen-bond donors (Lipinski definition) is 1. The van der Waals surface area contributed by atoms with E-state index in [0.29, 0.717) is 46.8 Å². The van der Waals surface area contributed by atoms with Gasteiger partial charge in [0.1, 0.15) is 5.82 Å². The smallest absolute Gasteiger partial charge is 0.338 e. The number of urea groups is 1. The summed E-state index contributed by atoms with van der Waals surface area (Å²) in [7, 11) is 3.86. The molecule has 0 fully saturated rings. The van der Waals surface area contributed by atoms with Gasteiger partial charge in [0.2, 0.25) is 0 Å². The van der Waals surface area contributed by atoms with Crippen molar-refractivity contribution in [3.8, 4) is 5.69 Å². The summed E-state index contributed by atoms with van der Waals surface area (Å²) >= 11 is 3.46. The van der Waals surface area contributed by atoms with Crippen LogP contribution in [0.2, 0.25) is 0 Å². The Labute approximate surface area is 241 Å². The molecule has 4 rings (SSSR count). The lowest BCUT2D eigenvalue weighted by molar-refractivity contribution is 0.0526. The van der Waals surface area contributed by atoms with Crippen LogP contribution < -0.4 is 10.9 Å². The Kier molecular flexibility index (Phi) is 9.34. The Morgan fingerprint density at radius 2 is 1.68 bits per heavy atom. The molecule has 0 spiro atoms. The highest BCUT2D eigenvalue weighted by Crippen LogP contribution is 2.25. The Bertz CT molecular complexity index is 1550. The van der Waals surface area contributed by atoms with Gasteiger partial charge in [-0.2, -0.15) is 0 Å². The van der Waals surface area contributed by atoms with Crippen LogP contribution in [0, 0.1) is 0 Å². The normalized spacial score (nSPS) is 11.8. The number of esters is 1. The zero-order valence-electron chi connectivity index (χ0n) is 22.9. The van der Waals surface area contributed by atoms with Crippen molar-refractivity contribution in [3.63, 3.8) is 0 Å². The van der Waals surface area contributed by atoms with Crippen molar-refractivity contribution in [1.82, 2.24) is 19.4 Å². The zero-order chi connectivity index (χ0) is 28.8. The molecule has 1 unspecified atom stereocenters. The molecule has 1 N–H and O–H groups in total. The second kappa shape index (κ2) is 12.9. The van der Waals surface area contributed by atoms with Gasteiger partial charge in [0.25, 0.3) is 5.56 Å². The number of nitrogens with zero attached hydrogens (tertiary/aromatic N) is 4. The summed E-state index contributed by atoms with van der Waals surface area (Å²) in [6.07, 6.45) is 0. The van der Waals surface area contributed by atoms with Crippen molar-refractivity contribution in [1.29, 1.82) is 0 Å². The number of likely N-dealkylation sites (N-methyl/N-ethyl adjacent to an activating group) is 1. The lowest BCUT2D eigenvalue weighted by Crippen LogP contribution is -2.43. The van der Waals surface area contributed by atoms with Gasteiger partial charge in [-0.15, -0.1) is 0 Å². The van der Waals surface area contributed by atoms with Gasteiger partial charge >= 0.3 is 12.0 Å². The first-order valence-electron chi connectivity index (χ1n) is 13.0. The highest BCUT2D eigenvalue weighted by molar-refractivity contribution is 9.10. The van der Waals surface area contributed by atoms with E-state index in [1.54, 1.807) is 52.8 Å². The van der Waals surface area contributed by atoms with E-state index in [0.717, 1.165) is 4.47 Å². The monoisotopic (exact) mass is 605 g/mol. The van der Waals surface area contributed by atoms with Crippen LogP contribution in [0.15, 0.2) is 82.1 Å². The van der Waals surface area contributed by atoms with Crippen LogP contribution in [0.5, 0.6) is 0 Å². The maximum absolute atomic E-state index is 13.8. The minimum Gasteiger partial charge on any atom is -0.462 e. The molecule has 0 aliphatic heterocycles. The average molecular weight is 607 g/mol. The number of halogens is 1. The van der Waals surface area contributed by atoms with E-state index < -0.39 is 12.0 Å². The Hall–Kier alpha value is -4.02. The number of fused-ring (bicyclic) bond motifs is 1. The van der Waals surface area contributed by atoms with Crippen molar-refractivity contribution in [2.24, 2.45) is 0 Å². The van der Waals surface area contributed by atoms with Crippen LogP contribution in [-0.4, -0.2) is 65.1 Å². The first kappa shape index (κ1) is 29.0. The topological polar surface area (TPSA) is 96.8 Å². The number of hydrogen-bond acceptors (Lipinski definition) is 6. The fourth-order valence-corrected chi connectivity index (χ4v) is 4.55. The molecule has 40 heavy (non-hydrogen) atoms. The highest BCUT2D eigenvalue weighted by Gasteiger charge is 2.27. The van der Waals surface area contributed by atoms with Crippen LogP contribution in [0.3, 0.4) is 0 Å². The SMILES string of the molecule is CCOC(=O)c1ccc(NC(=O)N(CCN(C)C)C(C)c2nc3ccccc3c(=O)n2-c2ccc(Br)cc2)cc1. The summed E-state index contributed by atoms with van der Waals surface area (Å²) in [6, 6.07) is 20.2. The molecule has 2 amide bonds. The largest absolute Gasteiger partial charge is 0.462 e. The third-order valence-corrected chi connectivity index (χ3v) is 6.95. The third-order valence-electron chi connectivity index (χ3n) is 6.42. The van der Waals surface area contributed by atoms with Crippen LogP contribution in [0.4, 0.5) is 10.5 Å². The standard InChI is InChI=1S/C30H32BrN5O4/c1-5-40-29(38)21-10-14-23(15-11-21)32-30(39)35(19-18-34(3)4)20(2)27-33-26-9-7-6-8-25(26)28(37)36(27)24-16-12-22(31)13-17-24/h6-17,20H,5,18-19H2,1-4H3,(H,32,39). The van der Waals surface area contributed by atoms with Crippen LogP contribution in [0.25, 0.3) is 16.6 Å². The summed E-state index contributed by atoms with van der Waals surface area (Å²) in [4.78, 5) is 48.0. The van der Waals surface area contributed by atoms with E-state index in [-0.39, 0.29) is 18.2 Å². The predicted octanol–water partition coefficient (Wildman–Crippen LogP) is 5.48. The van der Waals surface area contributed by atoms with E-state index in [2.05, 4.69) is 21.2 Å². The fourth-order valence-electron chi connectivity index (χ4n) is 4.29. The first-order chi connectivity index (χ1) is 19.2.